The molecule has 0 saturated heterocycles. The van der Waals surface area contributed by atoms with E-state index >= 15 is 0 Å². The first-order valence-electron chi connectivity index (χ1n) is 2.50. The van der Waals surface area contributed by atoms with Crippen molar-refractivity contribution in [3.8, 4) is 0 Å². The van der Waals surface area contributed by atoms with Gasteiger partial charge >= 0.3 is 23.2 Å². The molecule has 80 valence electrons. The molecule has 0 bridgehead atoms. The van der Waals surface area contributed by atoms with Crippen molar-refractivity contribution in [1.29, 1.82) is 0 Å². The number of alkyl halides is 7. The van der Waals surface area contributed by atoms with Crippen LogP contribution < -0.4 is 0 Å². The highest BCUT2D eigenvalue weighted by Crippen LogP contribution is 2.48. The van der Waals surface area contributed by atoms with Crippen LogP contribution in [0.5, 0.6) is 0 Å². The van der Waals surface area contributed by atoms with Gasteiger partial charge in [-0.1, -0.05) is 11.6 Å². The van der Waals surface area contributed by atoms with Crippen LogP contribution in [-0.4, -0.2) is 51.4 Å². The summed E-state index contributed by atoms with van der Waals surface area (Å²) >= 11 is 3.98. The van der Waals surface area contributed by atoms with Gasteiger partial charge in [0.15, 0.2) is 0 Å². The average Bonchev–Trinajstić information content (AvgIpc) is 1.80. The normalized spacial score (nSPS) is 13.4. The lowest BCUT2D eigenvalue weighted by atomic mass is 10.1. The Labute approximate surface area is 94.4 Å². The van der Waals surface area contributed by atoms with Gasteiger partial charge in [-0.05, 0) is 0 Å². The molecule has 1 N–H and O–H groups in total. The first-order chi connectivity index (χ1) is 5.44. The second-order valence-electron chi connectivity index (χ2n) is 1.96. The molecular formula is C4HClF6MgO2. The van der Waals surface area contributed by atoms with Crippen LogP contribution in [0.2, 0.25) is 0 Å². The molecule has 2 radical (unpaired) electrons. The molecule has 0 unspecified atom stereocenters. The summed E-state index contributed by atoms with van der Waals surface area (Å²) in [6.45, 7) is 0. The third kappa shape index (κ3) is 2.57. The van der Waals surface area contributed by atoms with Crippen LogP contribution in [0.15, 0.2) is 0 Å². The Morgan fingerprint density at radius 1 is 1.00 bits per heavy atom. The van der Waals surface area contributed by atoms with E-state index in [1.165, 1.54) is 0 Å². The highest BCUT2D eigenvalue weighted by molar-refractivity contribution is 6.35. The SMILES string of the molecule is O=C(O)C(Cl)(C(F)(F)F)C(F)(F)F.[Mg]. The lowest BCUT2D eigenvalue weighted by Crippen LogP contribution is -2.57. The Bertz CT molecular complexity index is 209. The van der Waals surface area contributed by atoms with Crippen molar-refractivity contribution in [3.63, 3.8) is 0 Å². The van der Waals surface area contributed by atoms with Crippen molar-refractivity contribution in [2.45, 2.75) is 17.2 Å². The summed E-state index contributed by atoms with van der Waals surface area (Å²) in [6.07, 6.45) is -12.2. The maximum Gasteiger partial charge on any atom is 0.427 e. The molecule has 0 fully saturated rings. The zero-order valence-electron chi connectivity index (χ0n) is 6.21. The third-order valence-corrected chi connectivity index (χ3v) is 1.67. The van der Waals surface area contributed by atoms with Crippen LogP contribution in [0.4, 0.5) is 26.3 Å². The quantitative estimate of drug-likeness (QED) is 0.440. The average molecular weight is 255 g/mol. The standard InChI is InChI=1S/C4HClF6O2.Mg/c5-2(1(12)13,3(6,7)8)4(9,10)11;/h(H,12,13);. The number of rotatable bonds is 1. The van der Waals surface area contributed by atoms with E-state index in [2.05, 4.69) is 11.6 Å². The summed E-state index contributed by atoms with van der Waals surface area (Å²) in [4.78, 5) is 4.51. The molecule has 0 aliphatic rings. The zero-order valence-corrected chi connectivity index (χ0v) is 8.38. The van der Waals surface area contributed by atoms with Crippen LogP contribution in [0.25, 0.3) is 0 Å². The molecule has 0 atom stereocenters. The number of halogens is 7. The van der Waals surface area contributed by atoms with Gasteiger partial charge in [-0.15, -0.1) is 0 Å². The Kier molecular flexibility index (Phi) is 5.09. The largest absolute Gasteiger partial charge is 0.479 e. The second kappa shape index (κ2) is 4.31. The van der Waals surface area contributed by atoms with E-state index < -0.39 is 23.2 Å². The molecule has 10 heteroatoms. The predicted molar refractivity (Wildman–Crippen MR) is 34.1 cm³/mol. The number of hydrogen-bond donors (Lipinski definition) is 1. The topological polar surface area (TPSA) is 37.3 Å². The molecule has 0 heterocycles. The Morgan fingerprint density at radius 3 is 1.21 bits per heavy atom. The van der Waals surface area contributed by atoms with Crippen molar-refractivity contribution in [2.75, 3.05) is 0 Å². The summed E-state index contributed by atoms with van der Waals surface area (Å²) in [5.41, 5.74) is 0. The molecule has 14 heavy (non-hydrogen) atoms. The van der Waals surface area contributed by atoms with E-state index in [9.17, 15) is 31.1 Å². The molecule has 0 aromatic carbocycles. The van der Waals surface area contributed by atoms with Crippen molar-refractivity contribution in [2.24, 2.45) is 0 Å². The van der Waals surface area contributed by atoms with Crippen LogP contribution in [0.3, 0.4) is 0 Å². The summed E-state index contributed by atoms with van der Waals surface area (Å²) in [5, 5.41) is 7.73. The van der Waals surface area contributed by atoms with Crippen LogP contribution in [-0.2, 0) is 4.79 Å². The van der Waals surface area contributed by atoms with Crippen molar-refractivity contribution >= 4 is 40.6 Å². The molecule has 2 nitrogen and oxygen atoms in total. The summed E-state index contributed by atoms with van der Waals surface area (Å²) < 4.78 is 69.7. The van der Waals surface area contributed by atoms with Gasteiger partial charge in [0.2, 0.25) is 0 Å². The number of carboxylic acids is 1. The molecule has 0 aromatic rings. The molecule has 0 spiro atoms. The van der Waals surface area contributed by atoms with Crippen LogP contribution >= 0.6 is 11.6 Å². The summed E-state index contributed by atoms with van der Waals surface area (Å²) in [6, 6.07) is 0. The number of aliphatic carboxylic acids is 1. The Morgan fingerprint density at radius 2 is 1.21 bits per heavy atom. The first-order valence-corrected chi connectivity index (χ1v) is 2.88. The smallest absolute Gasteiger partial charge is 0.427 e. The van der Waals surface area contributed by atoms with Crippen molar-refractivity contribution in [1.82, 2.24) is 0 Å². The van der Waals surface area contributed by atoms with Gasteiger partial charge in [0.05, 0.1) is 0 Å². The molecule has 0 rings (SSSR count). The fourth-order valence-corrected chi connectivity index (χ4v) is 0.403. The number of hydrogen-bond acceptors (Lipinski definition) is 1. The fourth-order valence-electron chi connectivity index (χ4n) is 0.403. The van der Waals surface area contributed by atoms with E-state index in [0.29, 0.717) is 0 Å². The summed E-state index contributed by atoms with van der Waals surface area (Å²) in [5.74, 6) is -3.20. The summed E-state index contributed by atoms with van der Waals surface area (Å²) in [7, 11) is 0. The van der Waals surface area contributed by atoms with Gasteiger partial charge < -0.3 is 5.11 Å². The van der Waals surface area contributed by atoms with Crippen LogP contribution in [0, 0.1) is 0 Å². The maximum absolute atomic E-state index is 11.6. The van der Waals surface area contributed by atoms with Gasteiger partial charge in [0.25, 0.3) is 0 Å². The van der Waals surface area contributed by atoms with E-state index in [4.69, 9.17) is 5.11 Å². The highest BCUT2D eigenvalue weighted by atomic mass is 35.5. The molecule has 0 aliphatic heterocycles. The predicted octanol–water partition coefficient (Wildman–Crippen LogP) is 1.79. The molecule has 0 aliphatic carbocycles. The van der Waals surface area contributed by atoms with Gasteiger partial charge in [-0.2, -0.15) is 26.3 Å². The van der Waals surface area contributed by atoms with Crippen molar-refractivity contribution in [3.05, 3.63) is 0 Å². The minimum Gasteiger partial charge on any atom is -0.479 e. The lowest BCUT2D eigenvalue weighted by Gasteiger charge is -2.26. The Balaban J connectivity index is 0. The molecule has 0 saturated carbocycles. The maximum atomic E-state index is 11.6. The van der Waals surface area contributed by atoms with Gasteiger partial charge in [0, 0.05) is 23.1 Å². The zero-order chi connectivity index (χ0) is 11.1. The lowest BCUT2D eigenvalue weighted by molar-refractivity contribution is -0.266. The minimum atomic E-state index is -6.10. The second-order valence-corrected chi connectivity index (χ2v) is 2.53. The van der Waals surface area contributed by atoms with Gasteiger partial charge in [-0.25, -0.2) is 4.79 Å². The van der Waals surface area contributed by atoms with E-state index in [-0.39, 0.29) is 23.1 Å². The molecule has 0 aromatic heterocycles. The molecule has 0 amide bonds. The van der Waals surface area contributed by atoms with Gasteiger partial charge in [-0.3, -0.25) is 0 Å². The highest BCUT2D eigenvalue weighted by Gasteiger charge is 2.75. The third-order valence-electron chi connectivity index (χ3n) is 1.08. The van der Waals surface area contributed by atoms with Crippen LogP contribution in [0.1, 0.15) is 0 Å². The number of carboxylic acid groups (broad SMARTS) is 1. The fraction of sp³-hybridized carbons (Fsp3) is 0.750. The minimum absolute atomic E-state index is 0. The van der Waals surface area contributed by atoms with Crippen molar-refractivity contribution < 1.29 is 36.2 Å². The van der Waals surface area contributed by atoms with E-state index in [1.54, 1.807) is 0 Å². The van der Waals surface area contributed by atoms with Gasteiger partial charge in [0.1, 0.15) is 0 Å². The number of carbonyl (C=O) groups is 1. The van der Waals surface area contributed by atoms with E-state index in [0.717, 1.165) is 0 Å². The first kappa shape index (κ1) is 16.5. The van der Waals surface area contributed by atoms with E-state index in [1.807, 2.05) is 0 Å². The Hall–Kier alpha value is 0.106. The monoisotopic (exact) mass is 254 g/mol. The molecular weight excluding hydrogens is 254 g/mol.